The van der Waals surface area contributed by atoms with Crippen LogP contribution in [0.15, 0.2) is 45.3 Å². The van der Waals surface area contributed by atoms with Crippen molar-refractivity contribution < 1.29 is 4.42 Å². The Kier molecular flexibility index (Phi) is 8.06. The van der Waals surface area contributed by atoms with Crippen molar-refractivity contribution in [2.75, 3.05) is 39.3 Å². The molecule has 3 heterocycles. The number of hydrogen-bond donors (Lipinski definition) is 2. The number of thiophene rings is 1. The van der Waals surface area contributed by atoms with E-state index in [0.29, 0.717) is 0 Å². The van der Waals surface area contributed by atoms with E-state index in [2.05, 4.69) is 33.0 Å². The Morgan fingerprint density at radius 1 is 1.08 bits per heavy atom. The van der Waals surface area contributed by atoms with Gasteiger partial charge in [-0.05, 0) is 55.9 Å². The fourth-order valence-corrected chi connectivity index (χ4v) is 3.89. The first-order valence-corrected chi connectivity index (χ1v) is 10.6. The normalized spacial score (nSPS) is 15.9. The summed E-state index contributed by atoms with van der Waals surface area (Å²) in [6.45, 7) is 6.06. The smallest absolute Gasteiger partial charge is 0.191 e. The zero-order chi connectivity index (χ0) is 17.9. The lowest BCUT2D eigenvalue weighted by atomic mass is 10.1. The molecule has 26 heavy (non-hydrogen) atoms. The summed E-state index contributed by atoms with van der Waals surface area (Å²) in [7, 11) is 0. The molecule has 1 saturated heterocycles. The number of nitrogens with one attached hydrogen (secondary N) is 2. The average molecular weight is 375 g/mol. The van der Waals surface area contributed by atoms with Crippen LogP contribution in [0.1, 0.15) is 29.9 Å². The fraction of sp³-hybridized carbons (Fsp3) is 0.550. The van der Waals surface area contributed by atoms with Crippen molar-refractivity contribution >= 4 is 17.3 Å². The molecule has 0 atom stereocenters. The molecule has 0 radical (unpaired) electrons. The third kappa shape index (κ3) is 6.84. The van der Waals surface area contributed by atoms with Gasteiger partial charge in [0.15, 0.2) is 5.96 Å². The predicted molar refractivity (Wildman–Crippen MR) is 109 cm³/mol. The minimum absolute atomic E-state index is 0.821. The maximum atomic E-state index is 5.40. The van der Waals surface area contributed by atoms with Gasteiger partial charge in [0, 0.05) is 30.9 Å². The highest BCUT2D eigenvalue weighted by Crippen LogP contribution is 2.08. The van der Waals surface area contributed by atoms with Gasteiger partial charge in [0.1, 0.15) is 5.76 Å². The second-order valence-electron chi connectivity index (χ2n) is 6.64. The number of furan rings is 1. The van der Waals surface area contributed by atoms with Crippen LogP contribution in [0, 0.1) is 0 Å². The number of rotatable bonds is 9. The van der Waals surface area contributed by atoms with E-state index < -0.39 is 0 Å². The summed E-state index contributed by atoms with van der Waals surface area (Å²) >= 11 is 1.81. The van der Waals surface area contributed by atoms with E-state index in [1.54, 1.807) is 6.26 Å². The van der Waals surface area contributed by atoms with Crippen LogP contribution in [-0.2, 0) is 12.8 Å². The lowest BCUT2D eigenvalue weighted by Gasteiger charge is -2.25. The summed E-state index contributed by atoms with van der Waals surface area (Å²) in [5, 5.41) is 9.04. The summed E-state index contributed by atoms with van der Waals surface area (Å²) in [5.41, 5.74) is 0. The van der Waals surface area contributed by atoms with Gasteiger partial charge in [0.2, 0.25) is 0 Å². The number of aliphatic imine (C=N–C) groups is 1. The molecule has 0 unspecified atom stereocenters. The molecule has 6 heteroatoms. The Morgan fingerprint density at radius 2 is 1.92 bits per heavy atom. The van der Waals surface area contributed by atoms with Gasteiger partial charge in [-0.25, -0.2) is 0 Å². The molecule has 1 fully saturated rings. The van der Waals surface area contributed by atoms with Crippen LogP contribution in [0.5, 0.6) is 0 Å². The zero-order valence-electron chi connectivity index (χ0n) is 15.5. The molecule has 0 amide bonds. The van der Waals surface area contributed by atoms with Crippen molar-refractivity contribution in [1.82, 2.24) is 15.5 Å². The van der Waals surface area contributed by atoms with E-state index in [0.717, 1.165) is 50.7 Å². The molecule has 2 N–H and O–H groups in total. The third-order valence-electron chi connectivity index (χ3n) is 4.62. The first-order chi connectivity index (χ1) is 12.9. The van der Waals surface area contributed by atoms with Crippen LogP contribution in [0.3, 0.4) is 0 Å². The minimum atomic E-state index is 0.821. The van der Waals surface area contributed by atoms with Gasteiger partial charge in [0.05, 0.1) is 12.8 Å². The Labute approximate surface area is 160 Å². The molecular formula is C20H30N4OS. The molecule has 0 aliphatic carbocycles. The topological polar surface area (TPSA) is 52.8 Å². The molecule has 2 aromatic heterocycles. The summed E-state index contributed by atoms with van der Waals surface area (Å²) < 4.78 is 5.40. The van der Waals surface area contributed by atoms with E-state index >= 15 is 0 Å². The Bertz CT molecular complexity index is 576. The lowest BCUT2D eigenvalue weighted by Crippen LogP contribution is -2.40. The zero-order valence-corrected chi connectivity index (χ0v) is 16.3. The quantitative estimate of drug-likeness (QED) is 0.523. The van der Waals surface area contributed by atoms with Crippen LogP contribution in [0.4, 0.5) is 0 Å². The molecular weight excluding hydrogens is 344 g/mol. The number of piperidine rings is 1. The van der Waals surface area contributed by atoms with E-state index in [1.807, 2.05) is 23.5 Å². The third-order valence-corrected chi connectivity index (χ3v) is 5.56. The molecule has 1 aliphatic heterocycles. The van der Waals surface area contributed by atoms with Gasteiger partial charge >= 0.3 is 0 Å². The molecule has 2 aromatic rings. The average Bonchev–Trinajstić information content (AvgIpc) is 3.36. The monoisotopic (exact) mass is 374 g/mol. The van der Waals surface area contributed by atoms with E-state index in [1.165, 1.54) is 37.2 Å². The largest absolute Gasteiger partial charge is 0.469 e. The van der Waals surface area contributed by atoms with Crippen molar-refractivity contribution in [2.24, 2.45) is 4.99 Å². The van der Waals surface area contributed by atoms with E-state index in [9.17, 15) is 0 Å². The van der Waals surface area contributed by atoms with E-state index in [-0.39, 0.29) is 0 Å². The number of guanidine groups is 1. The molecule has 0 spiro atoms. The second kappa shape index (κ2) is 11.0. The predicted octanol–water partition coefficient (Wildman–Crippen LogP) is 3.15. The highest BCUT2D eigenvalue weighted by Gasteiger charge is 2.09. The summed E-state index contributed by atoms with van der Waals surface area (Å²) in [6.07, 6.45) is 7.66. The molecule has 5 nitrogen and oxygen atoms in total. The summed E-state index contributed by atoms with van der Waals surface area (Å²) in [5.74, 6) is 1.91. The highest BCUT2D eigenvalue weighted by atomic mass is 32.1. The van der Waals surface area contributed by atoms with Crippen LogP contribution in [-0.4, -0.2) is 50.1 Å². The lowest BCUT2D eigenvalue weighted by molar-refractivity contribution is 0.235. The van der Waals surface area contributed by atoms with Crippen LogP contribution < -0.4 is 10.6 Å². The molecule has 1 aliphatic rings. The molecule has 3 rings (SSSR count). The van der Waals surface area contributed by atoms with Crippen LogP contribution in [0.25, 0.3) is 0 Å². The molecule has 0 aromatic carbocycles. The van der Waals surface area contributed by atoms with Crippen LogP contribution >= 0.6 is 11.3 Å². The first kappa shape index (κ1) is 19.0. The van der Waals surface area contributed by atoms with Crippen molar-refractivity contribution in [3.8, 4) is 0 Å². The van der Waals surface area contributed by atoms with Crippen molar-refractivity contribution in [2.45, 2.75) is 32.1 Å². The van der Waals surface area contributed by atoms with Gasteiger partial charge in [0.25, 0.3) is 0 Å². The SMILES string of the molecule is c1coc(CCNC(=NCCN2CCCCC2)NCCc2cccs2)c1. The molecule has 0 bridgehead atoms. The van der Waals surface area contributed by atoms with Crippen molar-refractivity contribution in [1.29, 1.82) is 0 Å². The molecule has 0 saturated carbocycles. The Hall–Kier alpha value is -1.79. The van der Waals surface area contributed by atoms with Crippen molar-refractivity contribution in [3.05, 3.63) is 46.5 Å². The Balaban J connectivity index is 1.43. The maximum absolute atomic E-state index is 5.40. The Morgan fingerprint density at radius 3 is 2.65 bits per heavy atom. The minimum Gasteiger partial charge on any atom is -0.469 e. The van der Waals surface area contributed by atoms with Gasteiger partial charge in [-0.1, -0.05) is 12.5 Å². The number of hydrogen-bond acceptors (Lipinski definition) is 4. The fourth-order valence-electron chi connectivity index (χ4n) is 3.18. The highest BCUT2D eigenvalue weighted by molar-refractivity contribution is 7.09. The summed E-state index contributed by atoms with van der Waals surface area (Å²) in [6, 6.07) is 8.24. The van der Waals surface area contributed by atoms with Gasteiger partial charge in [-0.15, -0.1) is 11.3 Å². The van der Waals surface area contributed by atoms with Crippen LogP contribution in [0.2, 0.25) is 0 Å². The van der Waals surface area contributed by atoms with E-state index in [4.69, 9.17) is 9.41 Å². The first-order valence-electron chi connectivity index (χ1n) is 9.69. The molecule has 142 valence electrons. The van der Waals surface area contributed by atoms with Crippen molar-refractivity contribution in [3.63, 3.8) is 0 Å². The van der Waals surface area contributed by atoms with Gasteiger partial charge in [-0.2, -0.15) is 0 Å². The summed E-state index contributed by atoms with van der Waals surface area (Å²) in [4.78, 5) is 8.71. The standard InChI is InChI=1S/C20H30N4OS/c1-2-13-24(14-3-1)15-12-23-20(21-10-8-18-6-4-16-25-18)22-11-9-19-7-5-17-26-19/h4-7,16-17H,1-3,8-15H2,(H2,21,22,23). The van der Waals surface area contributed by atoms with Gasteiger partial charge in [-0.3, -0.25) is 4.99 Å². The maximum Gasteiger partial charge on any atom is 0.191 e. The van der Waals surface area contributed by atoms with Gasteiger partial charge < -0.3 is 20.0 Å². The number of likely N-dealkylation sites (tertiary alicyclic amines) is 1. The second-order valence-corrected chi connectivity index (χ2v) is 7.68. The number of nitrogens with zero attached hydrogens (tertiary/aromatic N) is 2.